The van der Waals surface area contributed by atoms with E-state index in [9.17, 15) is 4.79 Å². The maximum absolute atomic E-state index is 12.3. The van der Waals surface area contributed by atoms with Crippen molar-refractivity contribution in [2.24, 2.45) is 7.05 Å². The Morgan fingerprint density at radius 3 is 2.96 bits per heavy atom. The number of likely N-dealkylation sites (tertiary alicyclic amines) is 1. The van der Waals surface area contributed by atoms with Gasteiger partial charge in [-0.1, -0.05) is 5.16 Å². The van der Waals surface area contributed by atoms with Gasteiger partial charge in [0.25, 0.3) is 0 Å². The third-order valence-corrected chi connectivity index (χ3v) is 4.79. The zero-order chi connectivity index (χ0) is 17.1. The molecule has 0 saturated carbocycles. The maximum atomic E-state index is 12.3. The SMILES string of the molecule is Cc1noc(C)c1CNC(=O)CN1CCC[C@H](c2ccnn2C)C1. The van der Waals surface area contributed by atoms with Crippen molar-refractivity contribution >= 4 is 5.91 Å². The summed E-state index contributed by atoms with van der Waals surface area (Å²) in [4.78, 5) is 14.5. The van der Waals surface area contributed by atoms with Crippen LogP contribution in [0.4, 0.5) is 0 Å². The lowest BCUT2D eigenvalue weighted by Gasteiger charge is -2.32. The molecule has 0 bridgehead atoms. The molecule has 1 N–H and O–H groups in total. The average molecular weight is 331 g/mol. The number of amides is 1. The van der Waals surface area contributed by atoms with Gasteiger partial charge in [0, 0.05) is 43.5 Å². The van der Waals surface area contributed by atoms with Crippen molar-refractivity contribution in [1.29, 1.82) is 0 Å². The number of aromatic nitrogens is 3. The fourth-order valence-electron chi connectivity index (χ4n) is 3.43. The summed E-state index contributed by atoms with van der Waals surface area (Å²) in [5.41, 5.74) is 3.05. The number of carbonyl (C=O) groups is 1. The van der Waals surface area contributed by atoms with Crippen LogP contribution >= 0.6 is 0 Å². The summed E-state index contributed by atoms with van der Waals surface area (Å²) in [5, 5.41) is 11.1. The second-order valence-corrected chi connectivity index (χ2v) is 6.53. The van der Waals surface area contributed by atoms with Crippen LogP contribution in [0.15, 0.2) is 16.8 Å². The van der Waals surface area contributed by atoms with E-state index in [4.69, 9.17) is 4.52 Å². The molecule has 0 spiro atoms. The van der Waals surface area contributed by atoms with E-state index in [1.165, 1.54) is 5.69 Å². The highest BCUT2D eigenvalue weighted by molar-refractivity contribution is 5.78. The van der Waals surface area contributed by atoms with Gasteiger partial charge < -0.3 is 9.84 Å². The highest BCUT2D eigenvalue weighted by Gasteiger charge is 2.24. The molecular weight excluding hydrogens is 306 g/mol. The van der Waals surface area contributed by atoms with Gasteiger partial charge in [-0.05, 0) is 39.3 Å². The van der Waals surface area contributed by atoms with Crippen molar-refractivity contribution in [2.45, 2.75) is 39.2 Å². The molecule has 1 atom stereocenters. The first-order chi connectivity index (χ1) is 11.5. The molecule has 130 valence electrons. The predicted molar refractivity (Wildman–Crippen MR) is 89.4 cm³/mol. The third-order valence-electron chi connectivity index (χ3n) is 4.79. The number of nitrogens with zero attached hydrogens (tertiary/aromatic N) is 4. The smallest absolute Gasteiger partial charge is 0.234 e. The number of carbonyl (C=O) groups excluding carboxylic acids is 1. The third kappa shape index (κ3) is 3.67. The molecular formula is C17H25N5O2. The van der Waals surface area contributed by atoms with E-state index in [1.807, 2.05) is 31.8 Å². The molecule has 24 heavy (non-hydrogen) atoms. The quantitative estimate of drug-likeness (QED) is 0.899. The Kier molecular flexibility index (Phi) is 4.99. The van der Waals surface area contributed by atoms with Gasteiger partial charge in [-0.2, -0.15) is 5.10 Å². The Hall–Kier alpha value is -2.15. The second kappa shape index (κ2) is 7.17. The van der Waals surface area contributed by atoms with Gasteiger partial charge in [-0.3, -0.25) is 14.4 Å². The molecule has 3 rings (SSSR count). The molecule has 0 unspecified atom stereocenters. The molecule has 0 radical (unpaired) electrons. The van der Waals surface area contributed by atoms with E-state index in [0.717, 1.165) is 42.9 Å². The van der Waals surface area contributed by atoms with Crippen LogP contribution in [0.2, 0.25) is 0 Å². The Labute approximate surface area is 142 Å². The largest absolute Gasteiger partial charge is 0.361 e. The first kappa shape index (κ1) is 16.7. The van der Waals surface area contributed by atoms with Crippen LogP contribution in [0.25, 0.3) is 0 Å². The lowest BCUT2D eigenvalue weighted by molar-refractivity contribution is -0.122. The summed E-state index contributed by atoms with van der Waals surface area (Å²) in [7, 11) is 1.98. The molecule has 7 heteroatoms. The highest BCUT2D eigenvalue weighted by atomic mass is 16.5. The molecule has 0 aromatic carbocycles. The minimum Gasteiger partial charge on any atom is -0.361 e. The molecule has 0 aliphatic carbocycles. The van der Waals surface area contributed by atoms with Gasteiger partial charge >= 0.3 is 0 Å². The van der Waals surface area contributed by atoms with Gasteiger partial charge in [0.15, 0.2) is 0 Å². The number of aryl methyl sites for hydroxylation is 3. The lowest BCUT2D eigenvalue weighted by atomic mass is 9.94. The number of hydrogen-bond acceptors (Lipinski definition) is 5. The van der Waals surface area contributed by atoms with Crippen LogP contribution < -0.4 is 5.32 Å². The molecule has 3 heterocycles. The average Bonchev–Trinajstić information content (AvgIpc) is 3.12. The standard InChI is InChI=1S/C17H25N5O2/c1-12-15(13(2)24-20-12)9-18-17(23)11-22-8-4-5-14(10-22)16-6-7-19-21(16)3/h6-7,14H,4-5,8-11H2,1-3H3,(H,18,23)/t14-/m0/s1. The topological polar surface area (TPSA) is 76.2 Å². The van der Waals surface area contributed by atoms with Crippen LogP contribution in [-0.4, -0.2) is 45.4 Å². The van der Waals surface area contributed by atoms with Crippen molar-refractivity contribution in [3.63, 3.8) is 0 Å². The molecule has 1 fully saturated rings. The maximum Gasteiger partial charge on any atom is 0.234 e. The van der Waals surface area contributed by atoms with Crippen LogP contribution in [0.5, 0.6) is 0 Å². The van der Waals surface area contributed by atoms with E-state index >= 15 is 0 Å². The van der Waals surface area contributed by atoms with Crippen LogP contribution in [-0.2, 0) is 18.4 Å². The first-order valence-corrected chi connectivity index (χ1v) is 8.43. The summed E-state index contributed by atoms with van der Waals surface area (Å²) in [6.45, 7) is 6.52. The van der Waals surface area contributed by atoms with Crippen LogP contribution in [0.1, 0.15) is 41.5 Å². The lowest BCUT2D eigenvalue weighted by Crippen LogP contribution is -2.42. The summed E-state index contributed by atoms with van der Waals surface area (Å²) < 4.78 is 7.06. The molecule has 1 aliphatic heterocycles. The fraction of sp³-hybridized carbons (Fsp3) is 0.588. The van der Waals surface area contributed by atoms with Gasteiger partial charge in [0.2, 0.25) is 5.91 Å². The number of nitrogens with one attached hydrogen (secondary N) is 1. The molecule has 2 aromatic rings. The number of rotatable bonds is 5. The van der Waals surface area contributed by atoms with Crippen LogP contribution in [0, 0.1) is 13.8 Å². The van der Waals surface area contributed by atoms with Crippen molar-refractivity contribution in [1.82, 2.24) is 25.2 Å². The Morgan fingerprint density at radius 2 is 2.29 bits per heavy atom. The first-order valence-electron chi connectivity index (χ1n) is 8.43. The zero-order valence-corrected chi connectivity index (χ0v) is 14.6. The normalized spacial score (nSPS) is 18.7. The molecule has 7 nitrogen and oxygen atoms in total. The monoisotopic (exact) mass is 331 g/mol. The van der Waals surface area contributed by atoms with E-state index in [-0.39, 0.29) is 5.91 Å². The Morgan fingerprint density at radius 1 is 1.46 bits per heavy atom. The summed E-state index contributed by atoms with van der Waals surface area (Å²) in [5.74, 6) is 1.25. The number of piperidine rings is 1. The van der Waals surface area contributed by atoms with Crippen molar-refractivity contribution in [3.8, 4) is 0 Å². The van der Waals surface area contributed by atoms with Gasteiger partial charge in [0.1, 0.15) is 5.76 Å². The molecule has 1 aliphatic rings. The van der Waals surface area contributed by atoms with Crippen LogP contribution in [0.3, 0.4) is 0 Å². The van der Waals surface area contributed by atoms with E-state index in [1.54, 1.807) is 0 Å². The highest BCUT2D eigenvalue weighted by Crippen LogP contribution is 2.26. The van der Waals surface area contributed by atoms with Gasteiger partial charge in [-0.25, -0.2) is 0 Å². The minimum absolute atomic E-state index is 0.0423. The zero-order valence-electron chi connectivity index (χ0n) is 14.6. The summed E-state index contributed by atoms with van der Waals surface area (Å²) in [6, 6.07) is 2.08. The molecule has 2 aromatic heterocycles. The summed E-state index contributed by atoms with van der Waals surface area (Å²) in [6.07, 6.45) is 4.09. The predicted octanol–water partition coefficient (Wildman–Crippen LogP) is 1.52. The van der Waals surface area contributed by atoms with Gasteiger partial charge in [0.05, 0.1) is 12.2 Å². The number of hydrogen-bond donors (Lipinski definition) is 1. The van der Waals surface area contributed by atoms with Crippen molar-refractivity contribution < 1.29 is 9.32 Å². The van der Waals surface area contributed by atoms with E-state index in [0.29, 0.717) is 19.0 Å². The van der Waals surface area contributed by atoms with Crippen molar-refractivity contribution in [3.05, 3.63) is 35.0 Å². The summed E-state index contributed by atoms with van der Waals surface area (Å²) >= 11 is 0. The minimum atomic E-state index is 0.0423. The van der Waals surface area contributed by atoms with Crippen molar-refractivity contribution in [2.75, 3.05) is 19.6 Å². The van der Waals surface area contributed by atoms with Gasteiger partial charge in [-0.15, -0.1) is 0 Å². The molecule has 1 amide bonds. The Bertz CT molecular complexity index is 686. The van der Waals surface area contributed by atoms with E-state index < -0.39 is 0 Å². The van der Waals surface area contributed by atoms with E-state index in [2.05, 4.69) is 26.5 Å². The fourth-order valence-corrected chi connectivity index (χ4v) is 3.43. The second-order valence-electron chi connectivity index (χ2n) is 6.53. The Balaban J connectivity index is 1.52. The molecule has 1 saturated heterocycles.